The summed E-state index contributed by atoms with van der Waals surface area (Å²) in [6.07, 6.45) is 1.51. The normalized spacial score (nSPS) is 18.0. The van der Waals surface area contributed by atoms with E-state index in [1.54, 1.807) is 32.0 Å². The Hall–Kier alpha value is -3.11. The quantitative estimate of drug-likeness (QED) is 0.420. The lowest BCUT2D eigenvalue weighted by Gasteiger charge is -2.37. The number of fused-ring (bicyclic) bond motifs is 1. The molecular weight excluding hydrogens is 525 g/mol. The third-order valence-electron chi connectivity index (χ3n) is 6.79. The number of carbonyl (C=O) groups is 1. The topological polar surface area (TPSA) is 96.9 Å². The number of benzene rings is 2. The second-order valence-electron chi connectivity index (χ2n) is 10.3. The Bertz CT molecular complexity index is 1360. The third kappa shape index (κ3) is 5.11. The second-order valence-corrected chi connectivity index (χ2v) is 11.1. The van der Waals surface area contributed by atoms with Crippen molar-refractivity contribution in [3.8, 4) is 0 Å². The molecule has 38 heavy (non-hydrogen) atoms. The van der Waals surface area contributed by atoms with Crippen LogP contribution in [0.2, 0.25) is 10.0 Å². The second kappa shape index (κ2) is 10.2. The summed E-state index contributed by atoms with van der Waals surface area (Å²) in [6.45, 7) is 8.57. The van der Waals surface area contributed by atoms with Crippen molar-refractivity contribution < 1.29 is 9.90 Å². The summed E-state index contributed by atoms with van der Waals surface area (Å²) in [5.74, 6) is 0.567. The first-order valence-corrected chi connectivity index (χ1v) is 13.2. The number of aromatic nitrogens is 2. The fourth-order valence-electron chi connectivity index (χ4n) is 4.94. The minimum atomic E-state index is -1.05. The number of anilines is 5. The highest BCUT2D eigenvalue weighted by Crippen LogP contribution is 2.38. The molecule has 11 heteroatoms. The Balaban J connectivity index is 1.43. The highest BCUT2D eigenvalue weighted by atomic mass is 35.5. The molecule has 9 nitrogen and oxygen atoms in total. The molecule has 0 spiro atoms. The van der Waals surface area contributed by atoms with Gasteiger partial charge in [-0.15, -0.1) is 0 Å². The molecule has 1 saturated heterocycles. The number of para-hydroxylation sites is 1. The molecule has 1 aromatic heterocycles. The van der Waals surface area contributed by atoms with Crippen molar-refractivity contribution in [3.05, 3.63) is 63.8 Å². The van der Waals surface area contributed by atoms with Crippen LogP contribution in [0.15, 0.2) is 42.6 Å². The predicted molar refractivity (Wildman–Crippen MR) is 153 cm³/mol. The van der Waals surface area contributed by atoms with Crippen molar-refractivity contribution in [1.29, 1.82) is 0 Å². The summed E-state index contributed by atoms with van der Waals surface area (Å²) in [5.41, 5.74) is 2.32. The van der Waals surface area contributed by atoms with Gasteiger partial charge in [-0.25, -0.2) is 4.98 Å². The van der Waals surface area contributed by atoms with Crippen LogP contribution >= 0.6 is 23.2 Å². The van der Waals surface area contributed by atoms with E-state index in [1.165, 1.54) is 11.1 Å². The molecule has 3 heterocycles. The summed E-state index contributed by atoms with van der Waals surface area (Å²) in [5, 5.41) is 18.5. The van der Waals surface area contributed by atoms with Gasteiger partial charge in [0.05, 0.1) is 28.0 Å². The molecule has 0 aliphatic carbocycles. The number of rotatable bonds is 5. The van der Waals surface area contributed by atoms with Gasteiger partial charge < -0.3 is 25.5 Å². The van der Waals surface area contributed by atoms with E-state index in [1.807, 2.05) is 30.1 Å². The molecule has 0 radical (unpaired) electrons. The van der Waals surface area contributed by atoms with Gasteiger partial charge in [0.25, 0.3) is 5.91 Å². The SMILES string of the molecule is C[C@@H]1CN(c2ccc(Nc3ncc4c(n3)N(C)CN(c3c(Cl)cccc3Cl)C4=O)cc2C(C)(C)O)CCN1. The number of nitrogens with one attached hydrogen (secondary N) is 2. The standard InChI is InChI=1S/C27H31Cl2N7O2/c1-16-14-35(11-10-30-16)22-9-8-17(12-19(22)27(2,3)38)32-26-31-13-18-24(33-26)34(4)15-36(25(18)37)23-20(28)6-5-7-21(23)29/h5-9,12-13,16,30,38H,10-11,14-15H2,1-4H3,(H,31,32,33)/t16-/m1/s1. The molecule has 3 N–H and O–H groups in total. The molecule has 2 aliphatic heterocycles. The number of aliphatic hydroxyl groups is 1. The number of hydrogen-bond acceptors (Lipinski definition) is 8. The van der Waals surface area contributed by atoms with E-state index in [4.69, 9.17) is 23.2 Å². The molecule has 2 aliphatic rings. The molecule has 200 valence electrons. The number of piperazine rings is 1. The van der Waals surface area contributed by atoms with Crippen LogP contribution in [0, 0.1) is 0 Å². The molecule has 0 saturated carbocycles. The molecule has 1 amide bonds. The largest absolute Gasteiger partial charge is 0.386 e. The molecule has 1 atom stereocenters. The van der Waals surface area contributed by atoms with Gasteiger partial charge in [-0.3, -0.25) is 9.69 Å². The van der Waals surface area contributed by atoms with Crippen molar-refractivity contribution in [1.82, 2.24) is 15.3 Å². The van der Waals surface area contributed by atoms with E-state index in [0.717, 1.165) is 36.6 Å². The first-order chi connectivity index (χ1) is 18.0. The van der Waals surface area contributed by atoms with Crippen LogP contribution in [0.5, 0.6) is 0 Å². The van der Waals surface area contributed by atoms with Crippen molar-refractivity contribution >= 4 is 57.9 Å². The van der Waals surface area contributed by atoms with Gasteiger partial charge in [-0.2, -0.15) is 4.98 Å². The Morgan fingerprint density at radius 2 is 1.92 bits per heavy atom. The predicted octanol–water partition coefficient (Wildman–Crippen LogP) is 4.61. The molecule has 3 aromatic rings. The molecule has 5 rings (SSSR count). The lowest BCUT2D eigenvalue weighted by atomic mass is 9.94. The maximum Gasteiger partial charge on any atom is 0.265 e. The highest BCUT2D eigenvalue weighted by Gasteiger charge is 2.33. The summed E-state index contributed by atoms with van der Waals surface area (Å²) >= 11 is 12.7. The minimum Gasteiger partial charge on any atom is -0.386 e. The number of hydrogen-bond donors (Lipinski definition) is 3. The Morgan fingerprint density at radius 3 is 2.61 bits per heavy atom. The van der Waals surface area contributed by atoms with Crippen molar-refractivity contribution in [2.24, 2.45) is 0 Å². The van der Waals surface area contributed by atoms with E-state index in [-0.39, 0.29) is 12.6 Å². The van der Waals surface area contributed by atoms with Crippen molar-refractivity contribution in [3.63, 3.8) is 0 Å². The van der Waals surface area contributed by atoms with Crippen molar-refractivity contribution in [2.45, 2.75) is 32.4 Å². The number of nitrogens with zero attached hydrogens (tertiary/aromatic N) is 5. The van der Waals surface area contributed by atoms with Crippen LogP contribution in [0.4, 0.5) is 28.8 Å². The zero-order valence-electron chi connectivity index (χ0n) is 21.8. The molecule has 0 unspecified atom stereocenters. The van der Waals surface area contributed by atoms with E-state index in [9.17, 15) is 9.90 Å². The van der Waals surface area contributed by atoms with Gasteiger partial charge in [0.15, 0.2) is 0 Å². The van der Waals surface area contributed by atoms with E-state index < -0.39 is 5.60 Å². The maximum atomic E-state index is 13.3. The number of amides is 1. The monoisotopic (exact) mass is 555 g/mol. The fourth-order valence-corrected chi connectivity index (χ4v) is 5.54. The van der Waals surface area contributed by atoms with Gasteiger partial charge in [-0.1, -0.05) is 29.3 Å². The first kappa shape index (κ1) is 26.5. The Labute approximate surface area is 232 Å². The molecular formula is C27H31Cl2N7O2. The van der Waals surface area contributed by atoms with E-state index in [0.29, 0.717) is 39.1 Å². The van der Waals surface area contributed by atoms with E-state index >= 15 is 0 Å². The van der Waals surface area contributed by atoms with Crippen LogP contribution in [0.3, 0.4) is 0 Å². The Morgan fingerprint density at radius 1 is 1.18 bits per heavy atom. The van der Waals surface area contributed by atoms with Crippen LogP contribution in [-0.4, -0.2) is 60.4 Å². The zero-order valence-corrected chi connectivity index (χ0v) is 23.3. The lowest BCUT2D eigenvalue weighted by Crippen LogP contribution is -2.49. The third-order valence-corrected chi connectivity index (χ3v) is 7.40. The summed E-state index contributed by atoms with van der Waals surface area (Å²) in [7, 11) is 1.84. The Kier molecular flexibility index (Phi) is 7.13. The number of halogens is 2. The smallest absolute Gasteiger partial charge is 0.265 e. The van der Waals surface area contributed by atoms with E-state index in [2.05, 4.69) is 32.4 Å². The zero-order chi connectivity index (χ0) is 27.2. The summed E-state index contributed by atoms with van der Waals surface area (Å²) < 4.78 is 0. The van der Waals surface area contributed by atoms with Gasteiger partial charge in [0.1, 0.15) is 11.4 Å². The molecule has 1 fully saturated rings. The first-order valence-electron chi connectivity index (χ1n) is 12.5. The lowest BCUT2D eigenvalue weighted by molar-refractivity contribution is 0.0790. The van der Waals surface area contributed by atoms with Crippen LogP contribution in [0.25, 0.3) is 0 Å². The van der Waals surface area contributed by atoms with Gasteiger partial charge in [0.2, 0.25) is 5.95 Å². The van der Waals surface area contributed by atoms with Gasteiger partial charge in [-0.05, 0) is 51.1 Å². The minimum absolute atomic E-state index is 0.229. The number of carbonyl (C=O) groups excluding carboxylic acids is 1. The molecule has 2 aromatic carbocycles. The van der Waals surface area contributed by atoms with Crippen LogP contribution in [0.1, 0.15) is 36.7 Å². The average molecular weight is 556 g/mol. The van der Waals surface area contributed by atoms with Gasteiger partial charge in [0, 0.05) is 55.9 Å². The average Bonchev–Trinajstić information content (AvgIpc) is 2.86. The molecule has 0 bridgehead atoms. The summed E-state index contributed by atoms with van der Waals surface area (Å²) in [6, 6.07) is 11.4. The maximum absolute atomic E-state index is 13.3. The van der Waals surface area contributed by atoms with Gasteiger partial charge >= 0.3 is 0 Å². The fraction of sp³-hybridized carbons (Fsp3) is 0.370. The highest BCUT2D eigenvalue weighted by molar-refractivity contribution is 6.40. The van der Waals surface area contributed by atoms with Crippen LogP contribution in [-0.2, 0) is 5.60 Å². The summed E-state index contributed by atoms with van der Waals surface area (Å²) in [4.78, 5) is 28.1. The van der Waals surface area contributed by atoms with Crippen LogP contribution < -0.4 is 25.3 Å². The van der Waals surface area contributed by atoms with Crippen molar-refractivity contribution in [2.75, 3.05) is 53.4 Å².